The number of benzene rings is 1. The first-order chi connectivity index (χ1) is 11.6. The van der Waals surface area contributed by atoms with E-state index in [9.17, 15) is 14.4 Å². The van der Waals surface area contributed by atoms with E-state index in [1.54, 1.807) is 19.1 Å². The first-order valence-corrected chi connectivity index (χ1v) is 8.77. The Hall–Kier alpha value is -1.79. The zero-order chi connectivity index (χ0) is 18.8. The average Bonchev–Trinajstić information content (AvgIpc) is 2.71. The van der Waals surface area contributed by atoms with Crippen molar-refractivity contribution in [3.8, 4) is 0 Å². The van der Waals surface area contributed by atoms with Gasteiger partial charge in [-0.15, -0.1) is 0 Å². The second-order valence-electron chi connectivity index (χ2n) is 6.60. The molecule has 2 rings (SSSR count). The Balaban J connectivity index is 2.12. The second-order valence-corrected chi connectivity index (χ2v) is 7.45. The van der Waals surface area contributed by atoms with Crippen LogP contribution in [0.4, 0.5) is 4.79 Å². The lowest BCUT2D eigenvalue weighted by atomic mass is 9.92. The van der Waals surface area contributed by atoms with Gasteiger partial charge >= 0.3 is 6.03 Å². The molecule has 1 heterocycles. The van der Waals surface area contributed by atoms with E-state index in [4.69, 9.17) is 23.2 Å². The highest BCUT2D eigenvalue weighted by molar-refractivity contribution is 6.35. The maximum atomic E-state index is 12.8. The summed E-state index contributed by atoms with van der Waals surface area (Å²) in [6, 6.07) is 4.06. The van der Waals surface area contributed by atoms with Crippen molar-refractivity contribution in [2.24, 2.45) is 5.92 Å². The maximum absolute atomic E-state index is 12.8. The van der Waals surface area contributed by atoms with Crippen LogP contribution in [0.15, 0.2) is 18.2 Å². The molecule has 0 radical (unpaired) electrons. The van der Waals surface area contributed by atoms with Crippen molar-refractivity contribution in [1.29, 1.82) is 0 Å². The summed E-state index contributed by atoms with van der Waals surface area (Å²) in [4.78, 5) is 37.9. The van der Waals surface area contributed by atoms with Gasteiger partial charge in [-0.25, -0.2) is 4.79 Å². The van der Waals surface area contributed by atoms with Gasteiger partial charge in [-0.1, -0.05) is 43.1 Å². The Labute approximate surface area is 156 Å². The summed E-state index contributed by atoms with van der Waals surface area (Å²) in [7, 11) is 0. The van der Waals surface area contributed by atoms with Gasteiger partial charge in [0, 0.05) is 22.2 Å². The molecule has 0 saturated carbocycles. The van der Waals surface area contributed by atoms with Crippen LogP contribution < -0.4 is 10.6 Å². The lowest BCUT2D eigenvalue weighted by Gasteiger charge is -2.23. The molecule has 136 valence electrons. The van der Waals surface area contributed by atoms with Gasteiger partial charge in [0.1, 0.15) is 12.1 Å². The molecule has 1 saturated heterocycles. The number of amides is 4. The lowest BCUT2D eigenvalue weighted by Crippen LogP contribution is -2.43. The van der Waals surface area contributed by atoms with E-state index in [0.29, 0.717) is 23.0 Å². The van der Waals surface area contributed by atoms with E-state index in [2.05, 4.69) is 10.6 Å². The van der Waals surface area contributed by atoms with Crippen molar-refractivity contribution in [1.82, 2.24) is 15.5 Å². The van der Waals surface area contributed by atoms with E-state index in [1.165, 1.54) is 6.07 Å². The highest BCUT2D eigenvalue weighted by Gasteiger charge is 2.50. The molecule has 0 aliphatic carbocycles. The van der Waals surface area contributed by atoms with Crippen LogP contribution in [0.3, 0.4) is 0 Å². The zero-order valence-electron chi connectivity index (χ0n) is 14.4. The van der Waals surface area contributed by atoms with Crippen LogP contribution in [0.25, 0.3) is 0 Å². The molecular weight excluding hydrogens is 365 g/mol. The molecule has 4 amide bonds. The SMILES string of the molecule is CC(C)CCNC(=O)CN1C(=O)N[C@@](C)(c2ccc(Cl)cc2Cl)C1=O. The second kappa shape index (κ2) is 7.62. The number of nitrogens with zero attached hydrogens (tertiary/aromatic N) is 1. The Bertz CT molecular complexity index is 708. The Morgan fingerprint density at radius 3 is 2.60 bits per heavy atom. The molecule has 1 aromatic rings. The third-order valence-corrected chi connectivity index (χ3v) is 4.64. The van der Waals surface area contributed by atoms with Crippen LogP contribution in [0, 0.1) is 5.92 Å². The molecule has 0 bridgehead atoms. The van der Waals surface area contributed by atoms with Gasteiger partial charge in [-0.3, -0.25) is 14.5 Å². The molecular formula is C17H21Cl2N3O3. The van der Waals surface area contributed by atoms with E-state index < -0.39 is 17.5 Å². The fourth-order valence-corrected chi connectivity index (χ4v) is 3.22. The third-order valence-electron chi connectivity index (χ3n) is 4.09. The molecule has 1 aliphatic heterocycles. The fourth-order valence-electron chi connectivity index (χ4n) is 2.62. The van der Waals surface area contributed by atoms with Gasteiger partial charge < -0.3 is 10.6 Å². The summed E-state index contributed by atoms with van der Waals surface area (Å²) in [6.45, 7) is 5.82. The number of urea groups is 1. The summed E-state index contributed by atoms with van der Waals surface area (Å²) in [5.41, 5.74) is -0.906. The average molecular weight is 386 g/mol. The van der Waals surface area contributed by atoms with E-state index in [-0.39, 0.29) is 17.5 Å². The van der Waals surface area contributed by atoms with E-state index >= 15 is 0 Å². The van der Waals surface area contributed by atoms with Crippen molar-refractivity contribution in [3.63, 3.8) is 0 Å². The topological polar surface area (TPSA) is 78.5 Å². The van der Waals surface area contributed by atoms with E-state index in [0.717, 1.165) is 11.3 Å². The van der Waals surface area contributed by atoms with Crippen LogP contribution in [0.1, 0.15) is 32.8 Å². The molecule has 8 heteroatoms. The molecule has 6 nitrogen and oxygen atoms in total. The molecule has 25 heavy (non-hydrogen) atoms. The Morgan fingerprint density at radius 2 is 2.00 bits per heavy atom. The molecule has 1 fully saturated rings. The minimum Gasteiger partial charge on any atom is -0.355 e. The molecule has 1 atom stereocenters. The molecule has 0 aromatic heterocycles. The summed E-state index contributed by atoms with van der Waals surface area (Å²) >= 11 is 12.1. The molecule has 1 aliphatic rings. The first kappa shape index (κ1) is 19.5. The molecule has 1 aromatic carbocycles. The first-order valence-electron chi connectivity index (χ1n) is 8.01. The van der Waals surface area contributed by atoms with Gasteiger partial charge in [0.15, 0.2) is 0 Å². The molecule has 2 N–H and O–H groups in total. The largest absolute Gasteiger partial charge is 0.355 e. The maximum Gasteiger partial charge on any atom is 0.325 e. The number of carbonyl (C=O) groups is 3. The van der Waals surface area contributed by atoms with Gasteiger partial charge in [0.2, 0.25) is 5.91 Å². The van der Waals surface area contributed by atoms with Crippen molar-refractivity contribution >= 4 is 41.0 Å². The fraction of sp³-hybridized carbons (Fsp3) is 0.471. The Kier molecular flexibility index (Phi) is 5.95. The minimum absolute atomic E-state index is 0.270. The summed E-state index contributed by atoms with van der Waals surface area (Å²) in [5.74, 6) is -0.455. The zero-order valence-corrected chi connectivity index (χ0v) is 15.9. The number of hydrogen-bond acceptors (Lipinski definition) is 3. The monoisotopic (exact) mass is 385 g/mol. The van der Waals surface area contributed by atoms with Crippen molar-refractivity contribution in [3.05, 3.63) is 33.8 Å². The molecule has 0 unspecified atom stereocenters. The van der Waals surface area contributed by atoms with Crippen molar-refractivity contribution in [2.45, 2.75) is 32.7 Å². The van der Waals surface area contributed by atoms with Crippen molar-refractivity contribution in [2.75, 3.05) is 13.1 Å². The predicted octanol–water partition coefficient (Wildman–Crippen LogP) is 2.92. The smallest absolute Gasteiger partial charge is 0.325 e. The van der Waals surface area contributed by atoms with Crippen molar-refractivity contribution < 1.29 is 14.4 Å². The quantitative estimate of drug-likeness (QED) is 0.738. The number of halogens is 2. The predicted molar refractivity (Wildman–Crippen MR) is 96.5 cm³/mol. The number of rotatable bonds is 6. The lowest BCUT2D eigenvalue weighted by molar-refractivity contribution is -0.134. The third kappa shape index (κ3) is 4.25. The Morgan fingerprint density at radius 1 is 1.32 bits per heavy atom. The van der Waals surface area contributed by atoms with Crippen LogP contribution in [0.5, 0.6) is 0 Å². The van der Waals surface area contributed by atoms with Crippen LogP contribution >= 0.6 is 23.2 Å². The number of carbonyl (C=O) groups excluding carboxylic acids is 3. The minimum atomic E-state index is -1.34. The van der Waals surface area contributed by atoms with Crippen LogP contribution in [-0.4, -0.2) is 35.8 Å². The molecule has 0 spiro atoms. The summed E-state index contributed by atoms with van der Waals surface area (Å²) in [6.07, 6.45) is 0.823. The van der Waals surface area contributed by atoms with E-state index in [1.807, 2.05) is 13.8 Å². The van der Waals surface area contributed by atoms with Gasteiger partial charge in [-0.05, 0) is 31.4 Å². The number of hydrogen-bond donors (Lipinski definition) is 2. The highest BCUT2D eigenvalue weighted by atomic mass is 35.5. The summed E-state index contributed by atoms with van der Waals surface area (Å²) in [5, 5.41) is 6.02. The number of imide groups is 1. The summed E-state index contributed by atoms with van der Waals surface area (Å²) < 4.78 is 0. The van der Waals surface area contributed by atoms with Gasteiger partial charge in [0.25, 0.3) is 5.91 Å². The highest BCUT2D eigenvalue weighted by Crippen LogP contribution is 2.34. The van der Waals surface area contributed by atoms with Gasteiger partial charge in [-0.2, -0.15) is 0 Å². The van der Waals surface area contributed by atoms with Crippen LogP contribution in [0.2, 0.25) is 10.0 Å². The normalized spacial score (nSPS) is 20.2. The van der Waals surface area contributed by atoms with Gasteiger partial charge in [0.05, 0.1) is 0 Å². The number of nitrogens with one attached hydrogen (secondary N) is 2. The standard InChI is InChI=1S/C17H21Cl2N3O3/c1-10(2)6-7-20-14(23)9-22-15(24)17(3,21-16(22)25)12-5-4-11(18)8-13(12)19/h4-5,8,10H,6-7,9H2,1-3H3,(H,20,23)(H,21,25)/t17-/m0/s1. The van der Waals surface area contributed by atoms with Crippen LogP contribution in [-0.2, 0) is 15.1 Å².